The molecule has 0 saturated carbocycles. The molecule has 0 N–H and O–H groups in total. The number of benzene rings is 1. The maximum atomic E-state index is 12.1. The highest BCUT2D eigenvalue weighted by Gasteiger charge is 2.22. The van der Waals surface area contributed by atoms with Gasteiger partial charge in [0.25, 0.3) is 0 Å². The largest absolute Gasteiger partial charge is 0.460 e. The Labute approximate surface area is 157 Å². The third-order valence-corrected chi connectivity index (χ3v) is 3.67. The fraction of sp³-hybridized carbons (Fsp3) is 0.316. The maximum Gasteiger partial charge on any atom is 0.376 e. The van der Waals surface area contributed by atoms with Crippen molar-refractivity contribution in [1.82, 2.24) is 24.7 Å². The van der Waals surface area contributed by atoms with Crippen LogP contribution in [0.2, 0.25) is 0 Å². The monoisotopic (exact) mass is 367 g/mol. The van der Waals surface area contributed by atoms with Gasteiger partial charge in [-0.2, -0.15) is 10.1 Å². The van der Waals surface area contributed by atoms with E-state index >= 15 is 0 Å². The van der Waals surface area contributed by atoms with Gasteiger partial charge < -0.3 is 9.47 Å². The van der Waals surface area contributed by atoms with Gasteiger partial charge in [-0.3, -0.25) is 0 Å². The summed E-state index contributed by atoms with van der Waals surface area (Å²) in [6, 6.07) is 9.01. The average Bonchev–Trinajstić information content (AvgIpc) is 3.16. The van der Waals surface area contributed by atoms with Gasteiger partial charge >= 0.3 is 5.97 Å². The number of aromatic nitrogens is 5. The minimum Gasteiger partial charge on any atom is -0.460 e. The number of nitrogens with zero attached hydrogens (tertiary/aromatic N) is 5. The molecule has 8 nitrogen and oxygen atoms in total. The molecule has 0 spiro atoms. The molecule has 2 heterocycles. The third-order valence-electron chi connectivity index (χ3n) is 3.67. The molecule has 0 amide bonds. The van der Waals surface area contributed by atoms with Gasteiger partial charge in [-0.25, -0.2) is 19.4 Å². The highest BCUT2D eigenvalue weighted by atomic mass is 16.5. The van der Waals surface area contributed by atoms with Crippen LogP contribution in [-0.4, -0.2) is 37.3 Å². The smallest absolute Gasteiger partial charge is 0.376 e. The predicted octanol–water partition coefficient (Wildman–Crippen LogP) is 3.32. The van der Waals surface area contributed by atoms with E-state index in [1.165, 1.54) is 6.33 Å². The number of ether oxygens (including phenoxy) is 2. The first-order valence-corrected chi connectivity index (χ1v) is 8.56. The number of rotatable bonds is 5. The molecule has 0 unspecified atom stereocenters. The van der Waals surface area contributed by atoms with Gasteiger partial charge in [0.05, 0.1) is 18.0 Å². The zero-order valence-electron chi connectivity index (χ0n) is 15.7. The molecule has 1 aromatic carbocycles. The van der Waals surface area contributed by atoms with Crippen LogP contribution in [0.5, 0.6) is 11.6 Å². The van der Waals surface area contributed by atoms with Crippen molar-refractivity contribution < 1.29 is 14.3 Å². The van der Waals surface area contributed by atoms with E-state index in [1.54, 1.807) is 36.1 Å². The number of carbonyl (C=O) groups is 1. The maximum absolute atomic E-state index is 12.1. The molecule has 0 radical (unpaired) electrons. The number of carbonyl (C=O) groups excluding carboxylic acids is 1. The van der Waals surface area contributed by atoms with Crippen LogP contribution in [0.4, 0.5) is 0 Å². The molecule has 0 bridgehead atoms. The van der Waals surface area contributed by atoms with Gasteiger partial charge in [-0.1, -0.05) is 20.8 Å². The van der Waals surface area contributed by atoms with Crippen LogP contribution in [0, 0.1) is 0 Å². The Morgan fingerprint density at radius 2 is 1.89 bits per heavy atom. The summed E-state index contributed by atoms with van der Waals surface area (Å²) in [7, 11) is 0. The molecular formula is C19H21N5O3. The van der Waals surface area contributed by atoms with Crippen molar-refractivity contribution in [3.05, 3.63) is 54.5 Å². The van der Waals surface area contributed by atoms with E-state index in [0.717, 1.165) is 5.69 Å². The van der Waals surface area contributed by atoms with Crippen molar-refractivity contribution in [3.63, 3.8) is 0 Å². The Kier molecular flexibility index (Phi) is 5.16. The van der Waals surface area contributed by atoms with Crippen LogP contribution < -0.4 is 4.74 Å². The first-order chi connectivity index (χ1) is 12.9. The molecule has 0 aliphatic heterocycles. The number of hydrogen-bond donors (Lipinski definition) is 0. The van der Waals surface area contributed by atoms with Crippen LogP contribution in [0.25, 0.3) is 5.69 Å². The summed E-state index contributed by atoms with van der Waals surface area (Å²) in [6.07, 6.45) is 3.08. The Hall–Kier alpha value is -3.29. The van der Waals surface area contributed by atoms with Gasteiger partial charge in [0.15, 0.2) is 0 Å². The minimum atomic E-state index is -0.574. The first kappa shape index (κ1) is 18.5. The zero-order valence-corrected chi connectivity index (χ0v) is 15.7. The molecule has 3 aromatic rings. The molecule has 0 saturated heterocycles. The number of hydrogen-bond acceptors (Lipinski definition) is 7. The molecular weight excluding hydrogens is 346 g/mol. The van der Waals surface area contributed by atoms with E-state index in [2.05, 4.69) is 20.1 Å². The van der Waals surface area contributed by atoms with Crippen molar-refractivity contribution in [1.29, 1.82) is 0 Å². The van der Waals surface area contributed by atoms with E-state index < -0.39 is 5.97 Å². The van der Waals surface area contributed by atoms with Gasteiger partial charge in [0, 0.05) is 11.5 Å². The molecule has 0 aliphatic carbocycles. The van der Waals surface area contributed by atoms with Crippen LogP contribution >= 0.6 is 0 Å². The molecule has 3 rings (SSSR count). The molecule has 27 heavy (non-hydrogen) atoms. The lowest BCUT2D eigenvalue weighted by molar-refractivity contribution is 0.0510. The Morgan fingerprint density at radius 3 is 2.48 bits per heavy atom. The molecule has 2 aromatic heterocycles. The average molecular weight is 367 g/mol. The molecule has 8 heteroatoms. The lowest BCUT2D eigenvalue weighted by atomic mass is 9.92. The first-order valence-electron chi connectivity index (χ1n) is 8.56. The lowest BCUT2D eigenvalue weighted by Gasteiger charge is -2.19. The van der Waals surface area contributed by atoms with Crippen LogP contribution in [0.15, 0.2) is 43.0 Å². The van der Waals surface area contributed by atoms with Crippen molar-refractivity contribution in [2.75, 3.05) is 6.61 Å². The van der Waals surface area contributed by atoms with Gasteiger partial charge in [0.1, 0.15) is 18.4 Å². The standard InChI is InChI=1S/C19H21N5O3/c1-5-26-18(25)17-22-15(19(2,3)4)10-16(23-17)27-14-8-6-13(7-9-14)24-12-20-11-21-24/h6-12H,5H2,1-4H3. The molecule has 0 aliphatic rings. The molecule has 0 fully saturated rings. The summed E-state index contributed by atoms with van der Waals surface area (Å²) in [5, 5.41) is 4.08. The van der Waals surface area contributed by atoms with Crippen LogP contribution in [0.1, 0.15) is 44.0 Å². The summed E-state index contributed by atoms with van der Waals surface area (Å²) in [6.45, 7) is 7.99. The van der Waals surface area contributed by atoms with Crippen molar-refractivity contribution in [3.8, 4) is 17.3 Å². The Bertz CT molecular complexity index is 916. The molecule has 0 atom stereocenters. The quantitative estimate of drug-likeness (QED) is 0.639. The van der Waals surface area contributed by atoms with Crippen LogP contribution in [0.3, 0.4) is 0 Å². The van der Waals surface area contributed by atoms with Crippen molar-refractivity contribution in [2.24, 2.45) is 0 Å². The zero-order chi connectivity index (χ0) is 19.4. The van der Waals surface area contributed by atoms with Crippen molar-refractivity contribution >= 4 is 5.97 Å². The van der Waals surface area contributed by atoms with E-state index in [4.69, 9.17) is 9.47 Å². The normalized spacial score (nSPS) is 11.3. The third kappa shape index (κ3) is 4.46. The lowest BCUT2D eigenvalue weighted by Crippen LogP contribution is -2.18. The second-order valence-corrected chi connectivity index (χ2v) is 6.82. The van der Waals surface area contributed by atoms with Gasteiger partial charge in [-0.15, -0.1) is 0 Å². The van der Waals surface area contributed by atoms with Gasteiger partial charge in [0.2, 0.25) is 11.7 Å². The number of esters is 1. The van der Waals surface area contributed by atoms with E-state index in [9.17, 15) is 4.79 Å². The second-order valence-electron chi connectivity index (χ2n) is 6.82. The summed E-state index contributed by atoms with van der Waals surface area (Å²) in [5.74, 6) is 0.271. The topological polar surface area (TPSA) is 92.0 Å². The fourth-order valence-electron chi connectivity index (χ4n) is 2.28. The van der Waals surface area contributed by atoms with E-state index in [0.29, 0.717) is 11.4 Å². The summed E-state index contributed by atoms with van der Waals surface area (Å²) < 4.78 is 12.5. The summed E-state index contributed by atoms with van der Waals surface area (Å²) in [5.41, 5.74) is 1.26. The Balaban J connectivity index is 1.89. The molecule has 140 valence electrons. The minimum absolute atomic E-state index is 0.0153. The van der Waals surface area contributed by atoms with Crippen molar-refractivity contribution in [2.45, 2.75) is 33.1 Å². The summed E-state index contributed by atoms with van der Waals surface area (Å²) in [4.78, 5) is 24.5. The fourth-order valence-corrected chi connectivity index (χ4v) is 2.28. The highest BCUT2D eigenvalue weighted by molar-refractivity contribution is 5.85. The predicted molar refractivity (Wildman–Crippen MR) is 98.1 cm³/mol. The highest BCUT2D eigenvalue weighted by Crippen LogP contribution is 2.26. The Morgan fingerprint density at radius 1 is 1.15 bits per heavy atom. The van der Waals surface area contributed by atoms with Crippen LogP contribution in [-0.2, 0) is 10.2 Å². The second kappa shape index (κ2) is 7.53. The summed E-state index contributed by atoms with van der Waals surface area (Å²) >= 11 is 0. The van der Waals surface area contributed by atoms with E-state index in [-0.39, 0.29) is 23.7 Å². The van der Waals surface area contributed by atoms with E-state index in [1.807, 2.05) is 32.9 Å². The van der Waals surface area contributed by atoms with Gasteiger partial charge in [-0.05, 0) is 31.2 Å². The SMILES string of the molecule is CCOC(=O)c1nc(Oc2ccc(-n3cncn3)cc2)cc(C(C)(C)C)n1.